The summed E-state index contributed by atoms with van der Waals surface area (Å²) in [6.45, 7) is 1.41. The summed E-state index contributed by atoms with van der Waals surface area (Å²) in [5, 5.41) is 3.31. The summed E-state index contributed by atoms with van der Waals surface area (Å²) in [6.07, 6.45) is -3.48. The van der Waals surface area contributed by atoms with Crippen molar-refractivity contribution in [2.75, 3.05) is 19.7 Å². The first kappa shape index (κ1) is 16.3. The van der Waals surface area contributed by atoms with Crippen LogP contribution >= 0.6 is 0 Å². The number of hydrogen-bond acceptors (Lipinski definition) is 4. The quantitative estimate of drug-likeness (QED) is 0.849. The van der Waals surface area contributed by atoms with Crippen molar-refractivity contribution in [3.8, 4) is 0 Å². The van der Waals surface area contributed by atoms with E-state index in [0.717, 1.165) is 16.9 Å². The molecule has 0 unspecified atom stereocenters. The molecular formula is C12H15F3N4O3. The highest BCUT2D eigenvalue weighted by atomic mass is 19.4. The normalized spacial score (nSPS) is 22.6. The number of rotatable bonds is 3. The van der Waals surface area contributed by atoms with E-state index in [9.17, 15) is 22.8 Å². The maximum Gasteiger partial charge on any atom is 0.435 e. The van der Waals surface area contributed by atoms with Crippen molar-refractivity contribution in [1.82, 2.24) is 14.7 Å². The van der Waals surface area contributed by atoms with Gasteiger partial charge in [-0.25, -0.2) is 0 Å². The first-order valence-electron chi connectivity index (χ1n) is 6.44. The van der Waals surface area contributed by atoms with Gasteiger partial charge in [-0.2, -0.15) is 18.3 Å². The van der Waals surface area contributed by atoms with Gasteiger partial charge < -0.3 is 15.4 Å². The lowest BCUT2D eigenvalue weighted by Crippen LogP contribution is -2.58. The second kappa shape index (κ2) is 5.59. The molecule has 2 rings (SSSR count). The molecule has 1 aliphatic heterocycles. The SMILES string of the molecule is C[C@@]1(C(N)=O)CN(C(=O)Cn2ccc(C(F)(F)F)n2)CCO1. The topological polar surface area (TPSA) is 90.5 Å². The molecule has 1 atom stereocenters. The van der Waals surface area contributed by atoms with Gasteiger partial charge in [-0.1, -0.05) is 0 Å². The highest BCUT2D eigenvalue weighted by Crippen LogP contribution is 2.27. The van der Waals surface area contributed by atoms with E-state index in [4.69, 9.17) is 10.5 Å². The zero-order valence-corrected chi connectivity index (χ0v) is 11.8. The standard InChI is InChI=1S/C12H15F3N4O3/c1-11(10(16)21)7-18(4-5-22-11)9(20)6-19-3-2-8(17-19)12(13,14)15/h2-3H,4-7H2,1H3,(H2,16,21)/t11-/m0/s1. The number of primary amides is 1. The molecule has 0 spiro atoms. The lowest BCUT2D eigenvalue weighted by Gasteiger charge is -2.38. The molecule has 1 aliphatic rings. The van der Waals surface area contributed by atoms with Gasteiger partial charge in [-0.15, -0.1) is 0 Å². The molecule has 0 saturated carbocycles. The first-order chi connectivity index (χ1) is 10.1. The molecule has 7 nitrogen and oxygen atoms in total. The van der Waals surface area contributed by atoms with E-state index in [-0.39, 0.29) is 26.2 Å². The molecule has 1 saturated heterocycles. The lowest BCUT2D eigenvalue weighted by atomic mass is 10.0. The molecule has 1 aromatic rings. The number of nitrogens with two attached hydrogens (primary N) is 1. The van der Waals surface area contributed by atoms with Crippen LogP contribution in [-0.4, -0.2) is 51.8 Å². The molecule has 10 heteroatoms. The number of aromatic nitrogens is 2. The van der Waals surface area contributed by atoms with Crippen molar-refractivity contribution in [2.45, 2.75) is 25.2 Å². The summed E-state index contributed by atoms with van der Waals surface area (Å²) >= 11 is 0. The maximum atomic E-state index is 12.4. The second-order valence-corrected chi connectivity index (χ2v) is 5.16. The van der Waals surface area contributed by atoms with Gasteiger partial charge in [0.2, 0.25) is 5.91 Å². The van der Waals surface area contributed by atoms with Gasteiger partial charge in [0.1, 0.15) is 6.54 Å². The van der Waals surface area contributed by atoms with Gasteiger partial charge in [0.15, 0.2) is 11.3 Å². The first-order valence-corrected chi connectivity index (χ1v) is 6.44. The minimum absolute atomic E-state index is 0.0471. The van der Waals surface area contributed by atoms with E-state index in [1.807, 2.05) is 0 Å². The zero-order chi connectivity index (χ0) is 16.5. The summed E-state index contributed by atoms with van der Waals surface area (Å²) < 4.78 is 43.5. The van der Waals surface area contributed by atoms with E-state index in [0.29, 0.717) is 0 Å². The van der Waals surface area contributed by atoms with Crippen molar-refractivity contribution in [1.29, 1.82) is 0 Å². The minimum Gasteiger partial charge on any atom is -0.367 e. The van der Waals surface area contributed by atoms with Crippen LogP contribution in [0.2, 0.25) is 0 Å². The van der Waals surface area contributed by atoms with Gasteiger partial charge in [0, 0.05) is 12.7 Å². The van der Waals surface area contributed by atoms with Crippen LogP contribution in [0.3, 0.4) is 0 Å². The summed E-state index contributed by atoms with van der Waals surface area (Å²) in [7, 11) is 0. The minimum atomic E-state index is -4.56. The Labute approximate surface area is 123 Å². The zero-order valence-electron chi connectivity index (χ0n) is 11.8. The predicted octanol–water partition coefficient (Wildman–Crippen LogP) is 0.00470. The molecule has 0 radical (unpaired) electrons. The van der Waals surface area contributed by atoms with Gasteiger partial charge in [0.25, 0.3) is 5.91 Å². The molecule has 2 N–H and O–H groups in total. The molecule has 2 heterocycles. The van der Waals surface area contributed by atoms with Gasteiger partial charge in [0.05, 0.1) is 13.2 Å². The number of carbonyl (C=O) groups excluding carboxylic acids is 2. The fourth-order valence-electron chi connectivity index (χ4n) is 2.07. The molecule has 0 aliphatic carbocycles. The maximum absolute atomic E-state index is 12.4. The average molecular weight is 320 g/mol. The average Bonchev–Trinajstić information content (AvgIpc) is 2.87. The van der Waals surface area contributed by atoms with Crippen LogP contribution in [0.1, 0.15) is 12.6 Å². The number of carbonyl (C=O) groups is 2. The molecule has 2 amide bonds. The van der Waals surface area contributed by atoms with Crippen molar-refractivity contribution in [3.05, 3.63) is 18.0 Å². The Morgan fingerprint density at radius 1 is 1.50 bits per heavy atom. The molecular weight excluding hydrogens is 305 g/mol. The Morgan fingerprint density at radius 2 is 2.18 bits per heavy atom. The molecule has 0 bridgehead atoms. The fourth-order valence-corrected chi connectivity index (χ4v) is 2.07. The second-order valence-electron chi connectivity index (χ2n) is 5.16. The number of amides is 2. The number of morpholine rings is 1. The monoisotopic (exact) mass is 320 g/mol. The molecule has 122 valence electrons. The van der Waals surface area contributed by atoms with Crippen LogP contribution < -0.4 is 5.73 Å². The number of hydrogen-bond donors (Lipinski definition) is 1. The number of nitrogens with zero attached hydrogens (tertiary/aromatic N) is 3. The van der Waals surface area contributed by atoms with Crippen LogP contribution in [0.5, 0.6) is 0 Å². The smallest absolute Gasteiger partial charge is 0.367 e. The molecule has 0 aromatic carbocycles. The number of ether oxygens (including phenoxy) is 1. The Kier molecular flexibility index (Phi) is 4.14. The van der Waals surface area contributed by atoms with Crippen molar-refractivity contribution < 1.29 is 27.5 Å². The molecule has 1 fully saturated rings. The Balaban J connectivity index is 2.03. The van der Waals surface area contributed by atoms with Crippen LogP contribution in [0.25, 0.3) is 0 Å². The summed E-state index contributed by atoms with van der Waals surface area (Å²) in [5.41, 5.74) is 2.86. The van der Waals surface area contributed by atoms with E-state index in [1.165, 1.54) is 11.8 Å². The van der Waals surface area contributed by atoms with Crippen LogP contribution in [0.15, 0.2) is 12.3 Å². The predicted molar refractivity (Wildman–Crippen MR) is 67.4 cm³/mol. The highest BCUT2D eigenvalue weighted by molar-refractivity contribution is 5.85. The summed E-state index contributed by atoms with van der Waals surface area (Å²) in [6, 6.07) is 0.792. The van der Waals surface area contributed by atoms with Crippen molar-refractivity contribution in [2.24, 2.45) is 5.73 Å². The van der Waals surface area contributed by atoms with Crippen LogP contribution in [-0.2, 0) is 27.0 Å². The van der Waals surface area contributed by atoms with Crippen molar-refractivity contribution in [3.63, 3.8) is 0 Å². The van der Waals surface area contributed by atoms with E-state index in [1.54, 1.807) is 0 Å². The van der Waals surface area contributed by atoms with Crippen LogP contribution in [0, 0.1) is 0 Å². The Hall–Kier alpha value is -2.10. The molecule has 22 heavy (non-hydrogen) atoms. The fraction of sp³-hybridized carbons (Fsp3) is 0.583. The van der Waals surface area contributed by atoms with Crippen LogP contribution in [0.4, 0.5) is 13.2 Å². The Morgan fingerprint density at radius 3 is 2.73 bits per heavy atom. The summed E-state index contributed by atoms with van der Waals surface area (Å²) in [5.74, 6) is -1.17. The lowest BCUT2D eigenvalue weighted by molar-refractivity contribution is -0.161. The number of halogens is 3. The third-order valence-electron chi connectivity index (χ3n) is 3.38. The largest absolute Gasteiger partial charge is 0.435 e. The van der Waals surface area contributed by atoms with Gasteiger partial charge in [-0.05, 0) is 13.0 Å². The number of alkyl halides is 3. The van der Waals surface area contributed by atoms with E-state index in [2.05, 4.69) is 5.10 Å². The summed E-state index contributed by atoms with van der Waals surface area (Å²) in [4.78, 5) is 24.8. The third-order valence-corrected chi connectivity index (χ3v) is 3.38. The highest BCUT2D eigenvalue weighted by Gasteiger charge is 2.39. The van der Waals surface area contributed by atoms with Crippen molar-refractivity contribution >= 4 is 11.8 Å². The van der Waals surface area contributed by atoms with E-state index < -0.39 is 29.3 Å². The molecule has 1 aromatic heterocycles. The Bertz CT molecular complexity index is 586. The van der Waals surface area contributed by atoms with Gasteiger partial charge >= 0.3 is 6.18 Å². The van der Waals surface area contributed by atoms with Gasteiger partial charge in [-0.3, -0.25) is 14.3 Å². The third kappa shape index (κ3) is 3.38. The van der Waals surface area contributed by atoms with E-state index >= 15 is 0 Å².